The van der Waals surface area contributed by atoms with Gasteiger partial charge in [0.1, 0.15) is 10.6 Å². The molecule has 1 amide bonds. The summed E-state index contributed by atoms with van der Waals surface area (Å²) in [5, 5.41) is 2.82. The second-order valence-electron chi connectivity index (χ2n) is 3.16. The number of ether oxygens (including phenoxy) is 1. The second kappa shape index (κ2) is 3.61. The third-order valence-corrected chi connectivity index (χ3v) is 3.26. The molecule has 1 fully saturated rings. The Bertz CT molecular complexity index is 350. The van der Waals surface area contributed by atoms with E-state index in [1.807, 2.05) is 24.3 Å². The number of alkyl halides is 1. The molecule has 0 saturated carbocycles. The fraction of sp³-hybridized carbons (Fsp3) is 0.300. The number of methoxy groups -OCH3 is 1. The van der Waals surface area contributed by atoms with Gasteiger partial charge in [0.25, 0.3) is 0 Å². The van der Waals surface area contributed by atoms with Crippen LogP contribution in [0.4, 0.5) is 0 Å². The first kappa shape index (κ1) is 9.52. The van der Waals surface area contributed by atoms with Crippen molar-refractivity contribution in [3.8, 4) is 5.75 Å². The molecule has 3 nitrogen and oxygen atoms in total. The van der Waals surface area contributed by atoms with Crippen molar-refractivity contribution in [1.29, 1.82) is 0 Å². The van der Waals surface area contributed by atoms with Crippen molar-refractivity contribution in [1.82, 2.24) is 5.32 Å². The van der Waals surface area contributed by atoms with Crippen LogP contribution >= 0.6 is 15.9 Å². The van der Waals surface area contributed by atoms with Gasteiger partial charge in [0.2, 0.25) is 5.91 Å². The molecule has 2 rings (SSSR count). The summed E-state index contributed by atoms with van der Waals surface area (Å²) in [5.74, 6) is 0.872. The minimum Gasteiger partial charge on any atom is -0.497 e. The van der Waals surface area contributed by atoms with Crippen molar-refractivity contribution >= 4 is 21.8 Å². The van der Waals surface area contributed by atoms with Crippen molar-refractivity contribution in [3.63, 3.8) is 0 Å². The van der Waals surface area contributed by atoms with E-state index >= 15 is 0 Å². The van der Waals surface area contributed by atoms with E-state index in [9.17, 15) is 4.79 Å². The summed E-state index contributed by atoms with van der Waals surface area (Å²) in [4.78, 5) is 10.9. The molecular weight excluding hydrogens is 246 g/mol. The number of carbonyl (C=O) groups excluding carboxylic acids is 1. The maximum Gasteiger partial charge on any atom is 0.236 e. The lowest BCUT2D eigenvalue weighted by Gasteiger charge is -2.33. The van der Waals surface area contributed by atoms with E-state index in [1.54, 1.807) is 7.11 Å². The predicted octanol–water partition coefficient (Wildman–Crippen LogP) is 1.63. The van der Waals surface area contributed by atoms with E-state index in [1.165, 1.54) is 0 Å². The molecule has 0 spiro atoms. The van der Waals surface area contributed by atoms with Crippen LogP contribution in [0.3, 0.4) is 0 Å². The zero-order chi connectivity index (χ0) is 10.1. The first-order valence-electron chi connectivity index (χ1n) is 4.31. The predicted molar refractivity (Wildman–Crippen MR) is 56.6 cm³/mol. The zero-order valence-corrected chi connectivity index (χ0v) is 9.24. The summed E-state index contributed by atoms with van der Waals surface area (Å²) in [6, 6.07) is 7.78. The Hall–Kier alpha value is -1.03. The molecule has 0 radical (unpaired) electrons. The molecule has 1 aliphatic rings. The molecule has 1 aromatic carbocycles. The van der Waals surface area contributed by atoms with Gasteiger partial charge < -0.3 is 10.1 Å². The first-order chi connectivity index (χ1) is 6.72. The Morgan fingerprint density at radius 1 is 1.36 bits per heavy atom. The number of rotatable bonds is 2. The molecule has 2 unspecified atom stereocenters. The third kappa shape index (κ3) is 1.50. The van der Waals surface area contributed by atoms with Gasteiger partial charge in [0.15, 0.2) is 0 Å². The van der Waals surface area contributed by atoms with Crippen LogP contribution in [0.15, 0.2) is 24.3 Å². The van der Waals surface area contributed by atoms with Crippen LogP contribution in [0, 0.1) is 0 Å². The van der Waals surface area contributed by atoms with Crippen LogP contribution in [0.2, 0.25) is 0 Å². The Labute approximate surface area is 90.6 Å². The first-order valence-corrected chi connectivity index (χ1v) is 5.22. The van der Waals surface area contributed by atoms with Crippen molar-refractivity contribution < 1.29 is 9.53 Å². The maximum atomic E-state index is 11.0. The van der Waals surface area contributed by atoms with Crippen LogP contribution < -0.4 is 10.1 Å². The number of hydrogen-bond donors (Lipinski definition) is 1. The fourth-order valence-electron chi connectivity index (χ4n) is 1.42. The Morgan fingerprint density at radius 2 is 2.00 bits per heavy atom. The molecule has 1 aromatic rings. The zero-order valence-electron chi connectivity index (χ0n) is 7.66. The van der Waals surface area contributed by atoms with Crippen molar-refractivity contribution in [2.24, 2.45) is 0 Å². The maximum absolute atomic E-state index is 11.0. The smallest absolute Gasteiger partial charge is 0.236 e. The van der Waals surface area contributed by atoms with Gasteiger partial charge in [0.05, 0.1) is 13.2 Å². The van der Waals surface area contributed by atoms with Crippen LogP contribution in [0.25, 0.3) is 0 Å². The summed E-state index contributed by atoms with van der Waals surface area (Å²) >= 11 is 3.32. The van der Waals surface area contributed by atoms with Gasteiger partial charge in [-0.3, -0.25) is 4.79 Å². The number of β-lactam (4-membered cyclic amide) rings is 1. The topological polar surface area (TPSA) is 38.3 Å². The molecule has 0 aromatic heterocycles. The number of carbonyl (C=O) groups is 1. The van der Waals surface area contributed by atoms with Gasteiger partial charge in [-0.1, -0.05) is 28.1 Å². The Balaban J connectivity index is 2.14. The standard InChI is InChI=1S/C10H10BrNO2/c1-14-7-4-2-6(3-5-7)9-8(11)10(13)12-9/h2-5,8-9H,1H3,(H,12,13). The van der Waals surface area contributed by atoms with E-state index in [0.717, 1.165) is 11.3 Å². The van der Waals surface area contributed by atoms with Crippen LogP contribution in [0.1, 0.15) is 11.6 Å². The average molecular weight is 256 g/mol. The largest absolute Gasteiger partial charge is 0.497 e. The number of hydrogen-bond acceptors (Lipinski definition) is 2. The van der Waals surface area contributed by atoms with Gasteiger partial charge in [-0.15, -0.1) is 0 Å². The molecule has 2 atom stereocenters. The highest BCUT2D eigenvalue weighted by Crippen LogP contribution is 2.30. The van der Waals surface area contributed by atoms with E-state index in [2.05, 4.69) is 21.2 Å². The summed E-state index contributed by atoms with van der Waals surface area (Å²) < 4.78 is 5.05. The minimum absolute atomic E-state index is 0.0471. The number of benzene rings is 1. The monoisotopic (exact) mass is 255 g/mol. The third-order valence-electron chi connectivity index (χ3n) is 2.32. The second-order valence-corrected chi connectivity index (χ2v) is 4.15. The molecule has 0 aliphatic carbocycles. The lowest BCUT2D eigenvalue weighted by Crippen LogP contribution is -2.52. The number of halogens is 1. The SMILES string of the molecule is COc1ccc(C2NC(=O)C2Br)cc1. The lowest BCUT2D eigenvalue weighted by atomic mass is 9.97. The lowest BCUT2D eigenvalue weighted by molar-refractivity contribution is -0.127. The normalized spacial score (nSPS) is 25.1. The van der Waals surface area contributed by atoms with E-state index < -0.39 is 0 Å². The highest BCUT2D eigenvalue weighted by molar-refractivity contribution is 9.10. The van der Waals surface area contributed by atoms with Crippen LogP contribution in [-0.2, 0) is 4.79 Å². The molecule has 1 heterocycles. The fourth-order valence-corrected chi connectivity index (χ4v) is 1.99. The molecule has 14 heavy (non-hydrogen) atoms. The molecular formula is C10H10BrNO2. The number of amides is 1. The van der Waals surface area contributed by atoms with Crippen LogP contribution in [0.5, 0.6) is 5.75 Å². The summed E-state index contributed by atoms with van der Waals surface area (Å²) in [6.45, 7) is 0. The quantitative estimate of drug-likeness (QED) is 0.645. The van der Waals surface area contributed by atoms with Gasteiger partial charge in [0, 0.05) is 0 Å². The van der Waals surface area contributed by atoms with Gasteiger partial charge in [-0.25, -0.2) is 0 Å². The summed E-state index contributed by atoms with van der Waals surface area (Å²) in [6.07, 6.45) is 0. The van der Waals surface area contributed by atoms with Crippen LogP contribution in [-0.4, -0.2) is 17.8 Å². The van der Waals surface area contributed by atoms with Crippen molar-refractivity contribution in [2.45, 2.75) is 10.9 Å². The molecule has 1 aliphatic heterocycles. The van der Waals surface area contributed by atoms with E-state index in [-0.39, 0.29) is 16.8 Å². The van der Waals surface area contributed by atoms with E-state index in [4.69, 9.17) is 4.74 Å². The van der Waals surface area contributed by atoms with Gasteiger partial charge in [-0.05, 0) is 17.7 Å². The molecule has 0 bridgehead atoms. The number of nitrogens with one attached hydrogen (secondary N) is 1. The van der Waals surface area contributed by atoms with Crippen molar-refractivity contribution in [2.75, 3.05) is 7.11 Å². The van der Waals surface area contributed by atoms with E-state index in [0.29, 0.717) is 0 Å². The minimum atomic E-state index is -0.101. The molecule has 1 N–H and O–H groups in total. The highest BCUT2D eigenvalue weighted by Gasteiger charge is 2.37. The van der Waals surface area contributed by atoms with Gasteiger partial charge >= 0.3 is 0 Å². The summed E-state index contributed by atoms with van der Waals surface area (Å²) in [5.41, 5.74) is 1.09. The average Bonchev–Trinajstić information content (AvgIpc) is 2.25. The summed E-state index contributed by atoms with van der Waals surface area (Å²) in [7, 11) is 1.63. The molecule has 1 saturated heterocycles. The highest BCUT2D eigenvalue weighted by atomic mass is 79.9. The molecule has 4 heteroatoms. The van der Waals surface area contributed by atoms with Crippen molar-refractivity contribution in [3.05, 3.63) is 29.8 Å². The van der Waals surface area contributed by atoms with Gasteiger partial charge in [-0.2, -0.15) is 0 Å². The Kier molecular flexibility index (Phi) is 2.46. The Morgan fingerprint density at radius 3 is 2.43 bits per heavy atom. The molecule has 74 valence electrons.